The van der Waals surface area contributed by atoms with E-state index in [0.29, 0.717) is 23.4 Å². The number of para-hydroxylation sites is 2. The number of rotatable bonds is 5. The molecule has 31 heavy (non-hydrogen) atoms. The predicted molar refractivity (Wildman–Crippen MR) is 120 cm³/mol. The molecule has 8 nitrogen and oxygen atoms in total. The van der Waals surface area contributed by atoms with E-state index < -0.39 is 10.0 Å². The van der Waals surface area contributed by atoms with Gasteiger partial charge in [-0.3, -0.25) is 9.52 Å². The van der Waals surface area contributed by atoms with Gasteiger partial charge in [0.15, 0.2) is 0 Å². The summed E-state index contributed by atoms with van der Waals surface area (Å²) in [5, 5.41) is 10.6. The zero-order valence-corrected chi connectivity index (χ0v) is 18.3. The Bertz CT molecular complexity index is 1270. The number of amides is 1. The van der Waals surface area contributed by atoms with Crippen molar-refractivity contribution in [1.82, 2.24) is 14.8 Å². The van der Waals surface area contributed by atoms with Crippen LogP contribution in [0.2, 0.25) is 0 Å². The zero-order valence-electron chi connectivity index (χ0n) is 17.5. The van der Waals surface area contributed by atoms with Gasteiger partial charge in [-0.2, -0.15) is 10.2 Å². The summed E-state index contributed by atoms with van der Waals surface area (Å²) in [6.45, 7) is 3.38. The van der Waals surface area contributed by atoms with Crippen LogP contribution in [0.25, 0.3) is 5.69 Å². The van der Waals surface area contributed by atoms with E-state index >= 15 is 0 Å². The number of nitrogens with zero attached hydrogens (tertiary/aromatic N) is 4. The van der Waals surface area contributed by atoms with Crippen molar-refractivity contribution in [3.63, 3.8) is 0 Å². The van der Waals surface area contributed by atoms with Crippen LogP contribution in [0.1, 0.15) is 36.2 Å². The van der Waals surface area contributed by atoms with Crippen molar-refractivity contribution < 1.29 is 13.2 Å². The van der Waals surface area contributed by atoms with Crippen LogP contribution >= 0.6 is 0 Å². The minimum atomic E-state index is -3.46. The summed E-state index contributed by atoms with van der Waals surface area (Å²) in [4.78, 5) is 12.4. The highest BCUT2D eigenvalue weighted by Crippen LogP contribution is 2.36. The number of benzene rings is 2. The van der Waals surface area contributed by atoms with Crippen LogP contribution in [0.5, 0.6) is 0 Å². The SMILES string of the molecule is CC(=O)N1N=C(c2ccccc2NS(C)(=O)=O)C[C@@H]1c1cn(-c2ccccc2)nc1C. The van der Waals surface area contributed by atoms with E-state index in [1.54, 1.807) is 22.9 Å². The summed E-state index contributed by atoms with van der Waals surface area (Å²) >= 11 is 0. The van der Waals surface area contributed by atoms with Gasteiger partial charge in [-0.1, -0.05) is 36.4 Å². The maximum atomic E-state index is 12.4. The van der Waals surface area contributed by atoms with Gasteiger partial charge in [0.2, 0.25) is 15.9 Å². The Morgan fingerprint density at radius 2 is 1.77 bits per heavy atom. The smallest absolute Gasteiger partial charge is 0.240 e. The highest BCUT2D eigenvalue weighted by molar-refractivity contribution is 7.92. The molecule has 0 radical (unpaired) electrons. The van der Waals surface area contributed by atoms with Gasteiger partial charge in [-0.15, -0.1) is 0 Å². The van der Waals surface area contributed by atoms with Crippen LogP contribution in [0.3, 0.4) is 0 Å². The van der Waals surface area contributed by atoms with Gasteiger partial charge in [-0.05, 0) is 25.1 Å². The van der Waals surface area contributed by atoms with E-state index in [1.807, 2.05) is 49.5 Å². The van der Waals surface area contributed by atoms with Crippen LogP contribution in [0.4, 0.5) is 5.69 Å². The van der Waals surface area contributed by atoms with Gasteiger partial charge in [0.25, 0.3) is 0 Å². The average Bonchev–Trinajstić information content (AvgIpc) is 3.32. The standard InChI is InChI=1S/C22H23N5O3S/c1-15-19(14-26(23-15)17-9-5-4-6-10-17)22-13-21(24-27(22)16(2)28)18-11-7-8-12-20(18)25-31(3,29)30/h4-12,14,22,25H,13H2,1-3H3/t22-/m1/s1. The quantitative estimate of drug-likeness (QED) is 0.663. The minimum absolute atomic E-state index is 0.194. The van der Waals surface area contributed by atoms with Gasteiger partial charge >= 0.3 is 0 Å². The molecule has 0 saturated carbocycles. The summed E-state index contributed by atoms with van der Waals surface area (Å²) in [6, 6.07) is 16.5. The van der Waals surface area contributed by atoms with Gasteiger partial charge in [0.05, 0.1) is 35.1 Å². The second kappa shape index (κ2) is 7.99. The van der Waals surface area contributed by atoms with Crippen molar-refractivity contribution in [3.8, 4) is 5.69 Å². The summed E-state index contributed by atoms with van der Waals surface area (Å²) in [5.41, 5.74) is 4.34. The normalized spacial score (nSPS) is 16.3. The monoisotopic (exact) mass is 437 g/mol. The van der Waals surface area contributed by atoms with Crippen LogP contribution in [-0.2, 0) is 14.8 Å². The van der Waals surface area contributed by atoms with E-state index in [1.165, 1.54) is 11.9 Å². The topological polar surface area (TPSA) is 96.7 Å². The molecule has 1 aliphatic rings. The van der Waals surface area contributed by atoms with E-state index in [-0.39, 0.29) is 11.9 Å². The first-order chi connectivity index (χ1) is 14.7. The lowest BCUT2D eigenvalue weighted by Crippen LogP contribution is -2.24. The predicted octanol–water partition coefficient (Wildman–Crippen LogP) is 3.25. The first-order valence-corrected chi connectivity index (χ1v) is 11.7. The van der Waals surface area contributed by atoms with E-state index in [0.717, 1.165) is 23.2 Å². The molecule has 0 aliphatic carbocycles. The van der Waals surface area contributed by atoms with Crippen LogP contribution in [0.15, 0.2) is 65.9 Å². The van der Waals surface area contributed by atoms with Crippen molar-refractivity contribution in [2.45, 2.75) is 26.3 Å². The lowest BCUT2D eigenvalue weighted by Gasteiger charge is -2.19. The molecule has 160 valence electrons. The molecule has 3 aromatic rings. The Morgan fingerprint density at radius 1 is 1.10 bits per heavy atom. The van der Waals surface area contributed by atoms with E-state index in [2.05, 4.69) is 14.9 Å². The molecule has 0 spiro atoms. The van der Waals surface area contributed by atoms with E-state index in [4.69, 9.17) is 0 Å². The highest BCUT2D eigenvalue weighted by Gasteiger charge is 2.34. The number of carbonyl (C=O) groups is 1. The second-order valence-corrected chi connectivity index (χ2v) is 9.25. The summed E-state index contributed by atoms with van der Waals surface area (Å²) in [7, 11) is -3.46. The molecular weight excluding hydrogens is 414 g/mol. The molecule has 1 atom stereocenters. The molecule has 1 N–H and O–H groups in total. The third-order valence-corrected chi connectivity index (χ3v) is 5.67. The Kier molecular flexibility index (Phi) is 5.36. The minimum Gasteiger partial charge on any atom is -0.283 e. The summed E-state index contributed by atoms with van der Waals surface area (Å²) < 4.78 is 27.9. The first kappa shape index (κ1) is 20.8. The van der Waals surface area contributed by atoms with Crippen molar-refractivity contribution >= 4 is 27.3 Å². The number of hydrogen-bond acceptors (Lipinski definition) is 5. The van der Waals surface area contributed by atoms with Crippen molar-refractivity contribution in [2.75, 3.05) is 11.0 Å². The number of nitrogens with one attached hydrogen (secondary N) is 1. The molecule has 1 aromatic heterocycles. The Morgan fingerprint density at radius 3 is 2.45 bits per heavy atom. The van der Waals surface area contributed by atoms with Crippen LogP contribution in [0, 0.1) is 6.92 Å². The summed E-state index contributed by atoms with van der Waals surface area (Å²) in [5.74, 6) is -0.194. The molecule has 0 unspecified atom stereocenters. The van der Waals surface area contributed by atoms with Crippen molar-refractivity contribution in [1.29, 1.82) is 0 Å². The largest absolute Gasteiger partial charge is 0.283 e. The fraction of sp³-hybridized carbons (Fsp3) is 0.227. The van der Waals surface area contributed by atoms with Gasteiger partial charge < -0.3 is 0 Å². The number of sulfonamides is 1. The molecule has 0 fully saturated rings. The number of hydrogen-bond donors (Lipinski definition) is 1. The van der Waals surface area contributed by atoms with E-state index in [9.17, 15) is 13.2 Å². The van der Waals surface area contributed by atoms with Gasteiger partial charge in [-0.25, -0.2) is 18.1 Å². The number of aryl methyl sites for hydroxylation is 1. The fourth-order valence-corrected chi connectivity index (χ4v) is 4.32. The molecule has 0 bridgehead atoms. The lowest BCUT2D eigenvalue weighted by molar-refractivity contribution is -0.130. The average molecular weight is 438 g/mol. The fourth-order valence-electron chi connectivity index (χ4n) is 3.74. The first-order valence-electron chi connectivity index (χ1n) is 9.79. The van der Waals surface area contributed by atoms with Crippen molar-refractivity contribution in [2.24, 2.45) is 5.10 Å². The Labute approximate surface area is 181 Å². The third-order valence-electron chi connectivity index (χ3n) is 5.08. The molecule has 1 aliphatic heterocycles. The molecule has 4 rings (SSSR count). The number of carbonyl (C=O) groups excluding carboxylic acids is 1. The Balaban J connectivity index is 1.71. The van der Waals surface area contributed by atoms with Crippen LogP contribution in [-0.4, -0.2) is 41.1 Å². The zero-order chi connectivity index (χ0) is 22.2. The molecule has 9 heteroatoms. The number of anilines is 1. The lowest BCUT2D eigenvalue weighted by atomic mass is 9.98. The van der Waals surface area contributed by atoms with Crippen LogP contribution < -0.4 is 4.72 Å². The molecule has 1 amide bonds. The highest BCUT2D eigenvalue weighted by atomic mass is 32.2. The third kappa shape index (κ3) is 4.36. The maximum absolute atomic E-state index is 12.4. The number of hydrazone groups is 1. The Hall–Kier alpha value is -3.46. The van der Waals surface area contributed by atoms with Gasteiger partial charge in [0.1, 0.15) is 0 Å². The van der Waals surface area contributed by atoms with Gasteiger partial charge in [0, 0.05) is 30.7 Å². The molecule has 2 heterocycles. The maximum Gasteiger partial charge on any atom is 0.240 e. The van der Waals surface area contributed by atoms with Crippen molar-refractivity contribution in [3.05, 3.63) is 77.6 Å². The molecular formula is C22H23N5O3S. The number of aromatic nitrogens is 2. The summed E-state index contributed by atoms with van der Waals surface area (Å²) in [6.07, 6.45) is 3.47. The molecule has 0 saturated heterocycles. The second-order valence-electron chi connectivity index (χ2n) is 7.50. The molecule has 2 aromatic carbocycles.